The van der Waals surface area contributed by atoms with Crippen molar-refractivity contribution in [2.45, 2.75) is 6.42 Å². The van der Waals surface area contributed by atoms with Crippen LogP contribution in [0.5, 0.6) is 0 Å². The molecule has 0 bridgehead atoms. The molecule has 2 rings (SSSR count). The Hall–Kier alpha value is -2.87. The molecular weight excluding hydrogens is 250 g/mol. The molecule has 0 aliphatic heterocycles. The van der Waals surface area contributed by atoms with Crippen LogP contribution in [0.2, 0.25) is 0 Å². The van der Waals surface area contributed by atoms with Gasteiger partial charge in [0.1, 0.15) is 0 Å². The van der Waals surface area contributed by atoms with Gasteiger partial charge in [-0.25, -0.2) is 0 Å². The number of hydrogen-bond acceptors (Lipinski definition) is 3. The Morgan fingerprint density at radius 2 is 1.90 bits per heavy atom. The van der Waals surface area contributed by atoms with E-state index in [1.54, 1.807) is 23.5 Å². The molecule has 5 nitrogen and oxygen atoms in total. The van der Waals surface area contributed by atoms with Gasteiger partial charge in [-0.2, -0.15) is 5.26 Å². The van der Waals surface area contributed by atoms with Crippen molar-refractivity contribution >= 4 is 11.6 Å². The summed E-state index contributed by atoms with van der Waals surface area (Å²) in [5, 5.41) is 8.66. The van der Waals surface area contributed by atoms with E-state index < -0.39 is 0 Å². The Bertz CT molecular complexity index is 601. The number of aliphatic imine (C=N–C) groups is 1. The molecular formula is C15H15N5. The molecule has 20 heavy (non-hydrogen) atoms. The smallest absolute Gasteiger partial charge is 0.211 e. The fourth-order valence-electron chi connectivity index (χ4n) is 1.90. The second-order valence-corrected chi connectivity index (χ2v) is 4.16. The summed E-state index contributed by atoms with van der Waals surface area (Å²) in [7, 11) is 0. The van der Waals surface area contributed by atoms with E-state index in [2.05, 4.69) is 22.1 Å². The minimum absolute atomic E-state index is 0.189. The van der Waals surface area contributed by atoms with Crippen molar-refractivity contribution in [1.82, 2.24) is 4.98 Å². The van der Waals surface area contributed by atoms with Gasteiger partial charge in [0.2, 0.25) is 12.2 Å². The maximum absolute atomic E-state index is 8.66. The first-order valence-corrected chi connectivity index (χ1v) is 6.25. The van der Waals surface area contributed by atoms with E-state index >= 15 is 0 Å². The second kappa shape index (κ2) is 6.90. The molecule has 100 valence electrons. The lowest BCUT2D eigenvalue weighted by Gasteiger charge is -2.22. The first-order valence-electron chi connectivity index (χ1n) is 6.25. The fourth-order valence-corrected chi connectivity index (χ4v) is 1.90. The van der Waals surface area contributed by atoms with Crippen LogP contribution in [-0.2, 0) is 6.42 Å². The fraction of sp³-hybridized carbons (Fsp3) is 0.133. The molecule has 0 amide bonds. The van der Waals surface area contributed by atoms with Crippen molar-refractivity contribution in [3.63, 3.8) is 0 Å². The molecule has 0 radical (unpaired) electrons. The molecule has 0 aliphatic carbocycles. The molecule has 2 aromatic rings. The van der Waals surface area contributed by atoms with Crippen molar-refractivity contribution < 1.29 is 0 Å². The summed E-state index contributed by atoms with van der Waals surface area (Å²) in [6.07, 6.45) is 5.90. The van der Waals surface area contributed by atoms with Crippen LogP contribution in [0.15, 0.2) is 59.9 Å². The SMILES string of the molecule is N#CN=C(N)N(CCc1ccccc1)c1ccncc1. The molecule has 5 heteroatoms. The van der Waals surface area contributed by atoms with Gasteiger partial charge in [0, 0.05) is 24.6 Å². The Morgan fingerprint density at radius 3 is 2.55 bits per heavy atom. The standard InChI is InChI=1S/C15H15N5/c16-12-19-15(17)20(14-6-9-18-10-7-14)11-8-13-4-2-1-3-5-13/h1-7,9-10H,8,11H2,(H2,17,19). The summed E-state index contributed by atoms with van der Waals surface area (Å²) >= 11 is 0. The zero-order valence-corrected chi connectivity index (χ0v) is 11.0. The highest BCUT2D eigenvalue weighted by atomic mass is 15.3. The van der Waals surface area contributed by atoms with Gasteiger partial charge in [0.15, 0.2) is 0 Å². The maximum atomic E-state index is 8.66. The number of benzene rings is 1. The summed E-state index contributed by atoms with van der Waals surface area (Å²) in [4.78, 5) is 9.40. The largest absolute Gasteiger partial charge is 0.369 e. The maximum Gasteiger partial charge on any atom is 0.211 e. The van der Waals surface area contributed by atoms with Gasteiger partial charge in [-0.3, -0.25) is 4.98 Å². The third kappa shape index (κ3) is 3.56. The first-order chi connectivity index (χ1) is 9.81. The average molecular weight is 265 g/mol. The van der Waals surface area contributed by atoms with Crippen LogP contribution in [0.3, 0.4) is 0 Å². The van der Waals surface area contributed by atoms with E-state index in [0.717, 1.165) is 12.1 Å². The van der Waals surface area contributed by atoms with Crippen molar-refractivity contribution in [1.29, 1.82) is 5.26 Å². The van der Waals surface area contributed by atoms with Crippen LogP contribution >= 0.6 is 0 Å². The molecule has 0 atom stereocenters. The molecule has 1 heterocycles. The van der Waals surface area contributed by atoms with Gasteiger partial charge >= 0.3 is 0 Å². The van der Waals surface area contributed by atoms with Crippen LogP contribution in [0.4, 0.5) is 5.69 Å². The van der Waals surface area contributed by atoms with Crippen LogP contribution in [-0.4, -0.2) is 17.5 Å². The van der Waals surface area contributed by atoms with Crippen LogP contribution in [0.1, 0.15) is 5.56 Å². The Labute approximate surface area is 118 Å². The number of aromatic nitrogens is 1. The number of guanidine groups is 1. The van der Waals surface area contributed by atoms with Crippen LogP contribution in [0, 0.1) is 11.5 Å². The van der Waals surface area contributed by atoms with E-state index in [1.165, 1.54) is 5.56 Å². The second-order valence-electron chi connectivity index (χ2n) is 4.16. The lowest BCUT2D eigenvalue weighted by molar-refractivity contribution is 0.925. The lowest BCUT2D eigenvalue weighted by Crippen LogP contribution is -2.38. The third-order valence-corrected chi connectivity index (χ3v) is 2.88. The van der Waals surface area contributed by atoms with E-state index in [9.17, 15) is 0 Å². The summed E-state index contributed by atoms with van der Waals surface area (Å²) in [5.41, 5.74) is 7.93. The van der Waals surface area contributed by atoms with Gasteiger partial charge in [-0.15, -0.1) is 4.99 Å². The molecule has 1 aromatic heterocycles. The van der Waals surface area contributed by atoms with Gasteiger partial charge in [-0.1, -0.05) is 30.3 Å². The van der Waals surface area contributed by atoms with Crippen LogP contribution in [0.25, 0.3) is 0 Å². The molecule has 0 unspecified atom stereocenters. The number of anilines is 1. The van der Waals surface area contributed by atoms with E-state index in [-0.39, 0.29) is 5.96 Å². The van der Waals surface area contributed by atoms with Crippen molar-refractivity contribution in [2.75, 3.05) is 11.4 Å². The number of nitriles is 1. The Kier molecular flexibility index (Phi) is 4.68. The monoisotopic (exact) mass is 265 g/mol. The number of pyridine rings is 1. The van der Waals surface area contributed by atoms with Crippen molar-refractivity contribution in [3.05, 3.63) is 60.4 Å². The normalized spacial score (nSPS) is 10.8. The van der Waals surface area contributed by atoms with E-state index in [4.69, 9.17) is 11.0 Å². The first kappa shape index (κ1) is 13.6. The predicted molar refractivity (Wildman–Crippen MR) is 79.0 cm³/mol. The quantitative estimate of drug-likeness (QED) is 0.520. The van der Waals surface area contributed by atoms with Crippen LogP contribution < -0.4 is 10.6 Å². The zero-order chi connectivity index (χ0) is 14.2. The Balaban J connectivity index is 2.16. The summed E-state index contributed by atoms with van der Waals surface area (Å²) < 4.78 is 0. The molecule has 0 fully saturated rings. The van der Waals surface area contributed by atoms with Gasteiger partial charge in [0.05, 0.1) is 0 Å². The van der Waals surface area contributed by atoms with Crippen molar-refractivity contribution in [3.8, 4) is 6.19 Å². The van der Waals surface area contributed by atoms with Gasteiger partial charge in [0.25, 0.3) is 0 Å². The number of hydrogen-bond donors (Lipinski definition) is 1. The molecule has 0 saturated heterocycles. The number of rotatable bonds is 4. The zero-order valence-electron chi connectivity index (χ0n) is 11.0. The summed E-state index contributed by atoms with van der Waals surface area (Å²) in [5.74, 6) is 0.189. The van der Waals surface area contributed by atoms with Gasteiger partial charge < -0.3 is 10.6 Å². The van der Waals surface area contributed by atoms with Crippen molar-refractivity contribution in [2.24, 2.45) is 10.7 Å². The highest BCUT2D eigenvalue weighted by Crippen LogP contribution is 2.13. The minimum Gasteiger partial charge on any atom is -0.369 e. The summed E-state index contributed by atoms with van der Waals surface area (Å²) in [6.45, 7) is 0.644. The minimum atomic E-state index is 0.189. The molecule has 1 aromatic carbocycles. The van der Waals surface area contributed by atoms with E-state index in [1.807, 2.05) is 30.3 Å². The molecule has 0 spiro atoms. The number of nitrogens with zero attached hydrogens (tertiary/aromatic N) is 4. The highest BCUT2D eigenvalue weighted by Gasteiger charge is 2.10. The average Bonchev–Trinajstić information content (AvgIpc) is 2.50. The lowest BCUT2D eigenvalue weighted by atomic mass is 10.1. The number of nitrogens with two attached hydrogens (primary N) is 1. The predicted octanol–water partition coefficient (Wildman–Crippen LogP) is 1.93. The molecule has 0 aliphatic rings. The molecule has 2 N–H and O–H groups in total. The highest BCUT2D eigenvalue weighted by molar-refractivity contribution is 5.95. The Morgan fingerprint density at radius 1 is 1.20 bits per heavy atom. The van der Waals surface area contributed by atoms with Gasteiger partial charge in [-0.05, 0) is 24.1 Å². The third-order valence-electron chi connectivity index (χ3n) is 2.88. The molecule has 0 saturated carbocycles. The summed E-state index contributed by atoms with van der Waals surface area (Å²) in [6, 6.07) is 13.8. The van der Waals surface area contributed by atoms with E-state index in [0.29, 0.717) is 6.54 Å². The topological polar surface area (TPSA) is 78.3 Å².